The number of pyridine rings is 1. The molecule has 248 valence electrons. The predicted molar refractivity (Wildman–Crippen MR) is 170 cm³/mol. The summed E-state index contributed by atoms with van der Waals surface area (Å²) >= 11 is 1.27. The second-order valence-electron chi connectivity index (χ2n) is 11.0. The van der Waals surface area contributed by atoms with Crippen molar-refractivity contribution in [1.29, 1.82) is 0 Å². The number of hydrogen-bond donors (Lipinski definition) is 1. The molecule has 2 heterocycles. The van der Waals surface area contributed by atoms with E-state index in [0.717, 1.165) is 23.8 Å². The second kappa shape index (κ2) is 14.3. The minimum atomic E-state index is -4.83. The molecule has 0 fully saturated rings. The van der Waals surface area contributed by atoms with Crippen molar-refractivity contribution in [3.63, 3.8) is 0 Å². The van der Waals surface area contributed by atoms with Crippen molar-refractivity contribution in [2.24, 2.45) is 0 Å². The first-order valence-corrected chi connectivity index (χ1v) is 16.0. The molecule has 0 aliphatic carbocycles. The monoisotopic (exact) mass is 672 g/mol. The summed E-state index contributed by atoms with van der Waals surface area (Å²) in [5, 5.41) is 3.74. The van der Waals surface area contributed by atoms with E-state index in [0.29, 0.717) is 10.8 Å². The molecule has 0 spiro atoms. The number of ether oxygens (including phenoxy) is 2. The highest BCUT2D eigenvalue weighted by molar-refractivity contribution is 7.99. The largest absolute Gasteiger partial charge is 0.494 e. The molecule has 1 aliphatic rings. The average Bonchev–Trinajstić information content (AvgIpc) is 3.48. The molecule has 4 aromatic rings. The fourth-order valence-electron chi connectivity index (χ4n) is 6.04. The van der Waals surface area contributed by atoms with Crippen LogP contribution in [0.4, 0.5) is 22.0 Å². The van der Waals surface area contributed by atoms with Gasteiger partial charge < -0.3 is 14.8 Å². The smallest absolute Gasteiger partial charge is 0.416 e. The van der Waals surface area contributed by atoms with Gasteiger partial charge in [0.15, 0.2) is 11.6 Å². The standard InChI is InChI=1S/C35H33F5N2O4S/c1-4-46-29(43)16-17-41-32(21-10-6-5-7-11-21)27-19-47-34-23(18-24-25(35(38,39)40)13-9-14-26(24)36)20(2)30(33(44)42(27)34)22-12-8-15-28(45-3)31(22)37/h5-15,27,32,41H,4,16-19H2,1-3H3. The maximum Gasteiger partial charge on any atom is 0.416 e. The zero-order valence-electron chi connectivity index (χ0n) is 25.9. The maximum absolute atomic E-state index is 15.8. The summed E-state index contributed by atoms with van der Waals surface area (Å²) in [7, 11) is 1.28. The Hall–Kier alpha value is -4.16. The number of nitrogens with zero attached hydrogens (tertiary/aromatic N) is 1. The number of carbonyl (C=O) groups is 1. The molecule has 0 bridgehead atoms. The van der Waals surface area contributed by atoms with Crippen molar-refractivity contribution in [2.45, 2.75) is 50.0 Å². The Balaban J connectivity index is 1.73. The molecule has 47 heavy (non-hydrogen) atoms. The van der Waals surface area contributed by atoms with Crippen LogP contribution in [-0.2, 0) is 22.1 Å². The molecule has 2 unspecified atom stereocenters. The van der Waals surface area contributed by atoms with E-state index in [1.807, 2.05) is 30.3 Å². The predicted octanol–water partition coefficient (Wildman–Crippen LogP) is 7.65. The van der Waals surface area contributed by atoms with Gasteiger partial charge in [0.05, 0.1) is 48.4 Å². The number of alkyl halides is 3. The van der Waals surface area contributed by atoms with Crippen LogP contribution in [0.1, 0.15) is 53.2 Å². The number of aromatic nitrogens is 1. The number of carbonyl (C=O) groups excluding carboxylic acids is 1. The van der Waals surface area contributed by atoms with Gasteiger partial charge in [0.25, 0.3) is 5.56 Å². The minimum absolute atomic E-state index is 0.0594. The van der Waals surface area contributed by atoms with E-state index < -0.39 is 59.0 Å². The Bertz CT molecular complexity index is 1830. The van der Waals surface area contributed by atoms with Gasteiger partial charge in [-0.2, -0.15) is 13.2 Å². The van der Waals surface area contributed by atoms with Gasteiger partial charge in [-0.3, -0.25) is 14.2 Å². The van der Waals surface area contributed by atoms with Crippen molar-refractivity contribution in [3.05, 3.63) is 117 Å². The molecule has 2 atom stereocenters. The first-order chi connectivity index (χ1) is 22.5. The van der Waals surface area contributed by atoms with Gasteiger partial charge in [-0.1, -0.05) is 48.5 Å². The first kappa shape index (κ1) is 34.2. The topological polar surface area (TPSA) is 69.6 Å². The van der Waals surface area contributed by atoms with Gasteiger partial charge in [0, 0.05) is 29.8 Å². The summed E-state index contributed by atoms with van der Waals surface area (Å²) in [5.41, 5.74) is -1.08. The molecule has 6 nitrogen and oxygen atoms in total. The number of thioether (sulfide) groups is 1. The molecular weight excluding hydrogens is 639 g/mol. The second-order valence-corrected chi connectivity index (χ2v) is 12.0. The van der Waals surface area contributed by atoms with E-state index in [4.69, 9.17) is 9.47 Å². The van der Waals surface area contributed by atoms with Crippen LogP contribution in [0, 0.1) is 18.6 Å². The van der Waals surface area contributed by atoms with Gasteiger partial charge in [-0.05, 0) is 48.7 Å². The van der Waals surface area contributed by atoms with Gasteiger partial charge >= 0.3 is 12.1 Å². The number of hydrogen-bond acceptors (Lipinski definition) is 6. The molecule has 1 aliphatic heterocycles. The van der Waals surface area contributed by atoms with E-state index in [-0.39, 0.29) is 47.6 Å². The van der Waals surface area contributed by atoms with E-state index in [9.17, 15) is 22.8 Å². The van der Waals surface area contributed by atoms with Crippen molar-refractivity contribution in [2.75, 3.05) is 26.0 Å². The molecule has 0 amide bonds. The van der Waals surface area contributed by atoms with Gasteiger partial charge in [0.1, 0.15) is 5.82 Å². The maximum atomic E-state index is 15.8. The number of nitrogens with one attached hydrogen (secondary N) is 1. The Morgan fingerprint density at radius 1 is 1.04 bits per heavy atom. The lowest BCUT2D eigenvalue weighted by Crippen LogP contribution is -2.37. The van der Waals surface area contributed by atoms with Crippen molar-refractivity contribution in [1.82, 2.24) is 9.88 Å². The van der Waals surface area contributed by atoms with Crippen molar-refractivity contribution < 1.29 is 36.2 Å². The number of fused-ring (bicyclic) bond motifs is 1. The lowest BCUT2D eigenvalue weighted by Gasteiger charge is -2.28. The number of esters is 1. The molecule has 1 aromatic heterocycles. The Labute approximate surface area is 272 Å². The van der Waals surface area contributed by atoms with Crippen molar-refractivity contribution in [3.8, 4) is 16.9 Å². The summed E-state index contributed by atoms with van der Waals surface area (Å²) in [6, 6.07) is 15.2. The summed E-state index contributed by atoms with van der Waals surface area (Å²) in [5.74, 6) is -2.04. The Morgan fingerprint density at radius 3 is 2.45 bits per heavy atom. The third-order valence-corrected chi connectivity index (χ3v) is 9.46. The van der Waals surface area contributed by atoms with E-state index in [1.165, 1.54) is 41.6 Å². The third-order valence-electron chi connectivity index (χ3n) is 8.23. The van der Waals surface area contributed by atoms with Crippen LogP contribution >= 0.6 is 11.8 Å². The lowest BCUT2D eigenvalue weighted by molar-refractivity contribution is -0.143. The number of benzene rings is 3. The quantitative estimate of drug-likeness (QED) is 0.130. The number of halogens is 5. The molecule has 0 saturated heterocycles. The summed E-state index contributed by atoms with van der Waals surface area (Å²) < 4.78 is 85.0. The molecule has 0 saturated carbocycles. The fraction of sp³-hybridized carbons (Fsp3) is 0.314. The highest BCUT2D eigenvalue weighted by atomic mass is 32.2. The number of methoxy groups -OCH3 is 1. The van der Waals surface area contributed by atoms with Crippen LogP contribution in [0.15, 0.2) is 76.6 Å². The molecule has 1 N–H and O–H groups in total. The summed E-state index contributed by atoms with van der Waals surface area (Å²) in [4.78, 5) is 26.7. The van der Waals surface area contributed by atoms with Crippen LogP contribution in [0.5, 0.6) is 5.75 Å². The Morgan fingerprint density at radius 2 is 1.77 bits per heavy atom. The third kappa shape index (κ3) is 6.94. The normalized spacial score (nSPS) is 14.9. The average molecular weight is 673 g/mol. The fourth-order valence-corrected chi connectivity index (χ4v) is 7.47. The lowest BCUT2D eigenvalue weighted by atomic mass is 9.91. The zero-order valence-corrected chi connectivity index (χ0v) is 26.7. The van der Waals surface area contributed by atoms with Gasteiger partial charge in [-0.15, -0.1) is 11.8 Å². The molecule has 0 radical (unpaired) electrons. The van der Waals surface area contributed by atoms with E-state index in [1.54, 1.807) is 13.8 Å². The van der Waals surface area contributed by atoms with Gasteiger partial charge in [0.2, 0.25) is 0 Å². The zero-order chi connectivity index (χ0) is 33.9. The highest BCUT2D eigenvalue weighted by Crippen LogP contribution is 2.45. The van der Waals surface area contributed by atoms with Crippen LogP contribution < -0.4 is 15.6 Å². The van der Waals surface area contributed by atoms with Gasteiger partial charge in [-0.25, -0.2) is 8.78 Å². The van der Waals surface area contributed by atoms with E-state index in [2.05, 4.69) is 5.32 Å². The van der Waals surface area contributed by atoms with Crippen LogP contribution in [0.25, 0.3) is 11.1 Å². The van der Waals surface area contributed by atoms with Crippen molar-refractivity contribution >= 4 is 17.7 Å². The van der Waals surface area contributed by atoms with Crippen LogP contribution in [0.2, 0.25) is 0 Å². The minimum Gasteiger partial charge on any atom is -0.494 e. The highest BCUT2D eigenvalue weighted by Gasteiger charge is 2.38. The first-order valence-electron chi connectivity index (χ1n) is 15.0. The summed E-state index contributed by atoms with van der Waals surface area (Å²) in [6.45, 7) is 3.69. The molecule has 12 heteroatoms. The molecular formula is C35H33F5N2O4S. The van der Waals surface area contributed by atoms with E-state index >= 15 is 8.78 Å². The molecule has 5 rings (SSSR count). The Kier molecular flexibility index (Phi) is 10.4. The SMILES string of the molecule is CCOC(=O)CCNC(c1ccccc1)C1CSc2c(Cc3c(F)cccc3C(F)(F)F)c(C)c(-c3cccc(OC)c3F)c(=O)n21. The van der Waals surface area contributed by atoms with Crippen LogP contribution in [-0.4, -0.2) is 36.6 Å². The number of rotatable bonds is 11. The summed E-state index contributed by atoms with van der Waals surface area (Å²) in [6.07, 6.45) is -5.27. The molecule has 3 aromatic carbocycles. The van der Waals surface area contributed by atoms with Crippen LogP contribution in [0.3, 0.4) is 0 Å².